The summed E-state index contributed by atoms with van der Waals surface area (Å²) in [6.45, 7) is 1.89. The standard InChI is InChI=1S/C13H21ClF3NO/c1-9(3-2-8-14)18-12(19)10-4-6-11(7-5-10)13(15,16)17/h9-11H,2-8H2,1H3,(H,18,19). The highest BCUT2D eigenvalue weighted by atomic mass is 35.5. The van der Waals surface area contributed by atoms with Crippen molar-refractivity contribution in [2.24, 2.45) is 11.8 Å². The molecule has 1 aliphatic carbocycles. The van der Waals surface area contributed by atoms with Crippen LogP contribution in [-0.4, -0.2) is 24.0 Å². The molecule has 6 heteroatoms. The molecule has 1 saturated carbocycles. The van der Waals surface area contributed by atoms with E-state index in [0.717, 1.165) is 12.8 Å². The van der Waals surface area contributed by atoms with Crippen molar-refractivity contribution in [2.75, 3.05) is 5.88 Å². The topological polar surface area (TPSA) is 29.1 Å². The number of hydrogen-bond acceptors (Lipinski definition) is 1. The molecule has 1 unspecified atom stereocenters. The number of amides is 1. The number of carbonyl (C=O) groups excluding carboxylic acids is 1. The Morgan fingerprint density at radius 3 is 2.37 bits per heavy atom. The maximum Gasteiger partial charge on any atom is 0.391 e. The van der Waals surface area contributed by atoms with Crippen molar-refractivity contribution >= 4 is 17.5 Å². The first-order chi connectivity index (χ1) is 8.84. The number of alkyl halides is 4. The third-order valence-corrected chi connectivity index (χ3v) is 3.99. The van der Waals surface area contributed by atoms with Crippen molar-refractivity contribution in [3.05, 3.63) is 0 Å². The quantitative estimate of drug-likeness (QED) is 0.767. The van der Waals surface area contributed by atoms with E-state index < -0.39 is 12.1 Å². The first kappa shape index (κ1) is 16.6. The summed E-state index contributed by atoms with van der Waals surface area (Å²) in [5.74, 6) is -1.05. The predicted octanol–water partition coefficient (Wildman–Crippen LogP) is 3.88. The van der Waals surface area contributed by atoms with Crippen molar-refractivity contribution in [1.29, 1.82) is 0 Å². The van der Waals surface area contributed by atoms with E-state index in [2.05, 4.69) is 5.32 Å². The van der Waals surface area contributed by atoms with Gasteiger partial charge in [0.25, 0.3) is 0 Å². The minimum atomic E-state index is -4.12. The van der Waals surface area contributed by atoms with Crippen LogP contribution in [0.3, 0.4) is 0 Å². The van der Waals surface area contributed by atoms with Crippen molar-refractivity contribution in [3.8, 4) is 0 Å². The predicted molar refractivity (Wildman–Crippen MR) is 69.1 cm³/mol. The maximum atomic E-state index is 12.5. The molecule has 0 radical (unpaired) electrons. The highest BCUT2D eigenvalue weighted by molar-refractivity contribution is 6.17. The molecule has 1 atom stereocenters. The molecule has 0 bridgehead atoms. The number of rotatable bonds is 5. The van der Waals surface area contributed by atoms with Gasteiger partial charge in [-0.2, -0.15) is 13.2 Å². The van der Waals surface area contributed by atoms with Crippen molar-refractivity contribution in [2.45, 2.75) is 57.7 Å². The molecule has 0 aromatic rings. The Balaban J connectivity index is 2.33. The molecule has 0 spiro atoms. The molecule has 1 amide bonds. The molecule has 1 aliphatic rings. The Hall–Kier alpha value is -0.450. The van der Waals surface area contributed by atoms with Crippen LogP contribution in [0.4, 0.5) is 13.2 Å². The Kier molecular flexibility index (Phi) is 6.43. The average molecular weight is 300 g/mol. The van der Waals surface area contributed by atoms with Gasteiger partial charge >= 0.3 is 6.18 Å². The first-order valence-electron chi connectivity index (χ1n) is 6.77. The molecular weight excluding hydrogens is 279 g/mol. The summed E-state index contributed by atoms with van der Waals surface area (Å²) in [4.78, 5) is 11.9. The Morgan fingerprint density at radius 2 is 1.89 bits per heavy atom. The fraction of sp³-hybridized carbons (Fsp3) is 0.923. The second kappa shape index (κ2) is 7.36. The van der Waals surface area contributed by atoms with Gasteiger partial charge < -0.3 is 5.32 Å². The SMILES string of the molecule is CC(CCCCl)NC(=O)C1CCC(C(F)(F)F)CC1. The molecule has 0 aliphatic heterocycles. The fourth-order valence-corrected chi connectivity index (χ4v) is 2.65. The van der Waals surface area contributed by atoms with Crippen molar-refractivity contribution < 1.29 is 18.0 Å². The number of halogens is 4. The first-order valence-corrected chi connectivity index (χ1v) is 7.31. The molecule has 1 rings (SSSR count). The minimum absolute atomic E-state index is 0.0339. The van der Waals surface area contributed by atoms with Crippen LogP contribution in [-0.2, 0) is 4.79 Å². The van der Waals surface area contributed by atoms with E-state index in [1.165, 1.54) is 0 Å². The number of hydrogen-bond donors (Lipinski definition) is 1. The van der Waals surface area contributed by atoms with E-state index in [1.54, 1.807) is 0 Å². The molecule has 0 aromatic heterocycles. The summed E-state index contributed by atoms with van der Waals surface area (Å²) in [5, 5.41) is 2.86. The van der Waals surface area contributed by atoms with E-state index in [4.69, 9.17) is 11.6 Å². The molecular formula is C13H21ClF3NO. The zero-order valence-electron chi connectivity index (χ0n) is 11.1. The molecule has 0 heterocycles. The molecule has 0 aromatic carbocycles. The van der Waals surface area contributed by atoms with Crippen LogP contribution in [0.15, 0.2) is 0 Å². The summed E-state index contributed by atoms with van der Waals surface area (Å²) in [6.07, 6.45) is -1.70. The summed E-state index contributed by atoms with van der Waals surface area (Å²) in [5.41, 5.74) is 0. The lowest BCUT2D eigenvalue weighted by atomic mass is 9.81. The second-order valence-electron chi connectivity index (χ2n) is 5.33. The Morgan fingerprint density at radius 1 is 1.32 bits per heavy atom. The number of nitrogens with one attached hydrogen (secondary N) is 1. The van der Waals surface area contributed by atoms with E-state index in [0.29, 0.717) is 18.7 Å². The van der Waals surface area contributed by atoms with Gasteiger partial charge in [-0.3, -0.25) is 4.79 Å². The lowest BCUT2D eigenvalue weighted by Gasteiger charge is -2.29. The largest absolute Gasteiger partial charge is 0.391 e. The molecule has 1 N–H and O–H groups in total. The van der Waals surface area contributed by atoms with Gasteiger partial charge in [-0.05, 0) is 45.4 Å². The van der Waals surface area contributed by atoms with Crippen LogP contribution in [0.5, 0.6) is 0 Å². The minimum Gasteiger partial charge on any atom is -0.353 e. The van der Waals surface area contributed by atoms with Crippen LogP contribution >= 0.6 is 11.6 Å². The monoisotopic (exact) mass is 299 g/mol. The maximum absolute atomic E-state index is 12.5. The van der Waals surface area contributed by atoms with Gasteiger partial charge in [0.05, 0.1) is 5.92 Å². The highest BCUT2D eigenvalue weighted by Crippen LogP contribution is 2.39. The van der Waals surface area contributed by atoms with Gasteiger partial charge in [0, 0.05) is 17.8 Å². The van der Waals surface area contributed by atoms with Gasteiger partial charge in [0.2, 0.25) is 5.91 Å². The van der Waals surface area contributed by atoms with Gasteiger partial charge in [-0.1, -0.05) is 0 Å². The van der Waals surface area contributed by atoms with Crippen LogP contribution in [0.25, 0.3) is 0 Å². The fourth-order valence-electron chi connectivity index (χ4n) is 2.50. The average Bonchev–Trinajstić information content (AvgIpc) is 2.35. The Bertz CT molecular complexity index is 288. The van der Waals surface area contributed by atoms with Crippen LogP contribution in [0.2, 0.25) is 0 Å². The molecule has 19 heavy (non-hydrogen) atoms. The third-order valence-electron chi connectivity index (χ3n) is 3.72. The summed E-state index contributed by atoms with van der Waals surface area (Å²) >= 11 is 5.57. The normalized spacial score (nSPS) is 25.9. The van der Waals surface area contributed by atoms with E-state index >= 15 is 0 Å². The summed E-state index contributed by atoms with van der Waals surface area (Å²) in [6, 6.07) is 0.0339. The molecule has 112 valence electrons. The van der Waals surface area contributed by atoms with Gasteiger partial charge in [-0.25, -0.2) is 0 Å². The Labute approximate surface area is 117 Å². The lowest BCUT2D eigenvalue weighted by Crippen LogP contribution is -2.40. The van der Waals surface area contributed by atoms with Crippen LogP contribution in [0.1, 0.15) is 45.4 Å². The van der Waals surface area contributed by atoms with Crippen molar-refractivity contribution in [3.63, 3.8) is 0 Å². The zero-order valence-corrected chi connectivity index (χ0v) is 11.9. The van der Waals surface area contributed by atoms with Crippen LogP contribution in [0, 0.1) is 11.8 Å². The van der Waals surface area contributed by atoms with Gasteiger partial charge in [0.1, 0.15) is 0 Å². The van der Waals surface area contributed by atoms with Crippen molar-refractivity contribution in [1.82, 2.24) is 5.32 Å². The smallest absolute Gasteiger partial charge is 0.353 e. The molecule has 2 nitrogen and oxygen atoms in total. The highest BCUT2D eigenvalue weighted by Gasteiger charge is 2.42. The van der Waals surface area contributed by atoms with Crippen LogP contribution < -0.4 is 5.32 Å². The second-order valence-corrected chi connectivity index (χ2v) is 5.71. The molecule has 0 saturated heterocycles. The van der Waals surface area contributed by atoms with E-state index in [1.807, 2.05) is 6.92 Å². The molecule has 1 fully saturated rings. The van der Waals surface area contributed by atoms with Gasteiger partial charge in [-0.15, -0.1) is 11.6 Å². The summed E-state index contributed by atoms with van der Waals surface area (Å²) in [7, 11) is 0. The van der Waals surface area contributed by atoms with E-state index in [-0.39, 0.29) is 30.7 Å². The summed E-state index contributed by atoms with van der Waals surface area (Å²) < 4.78 is 37.5. The van der Waals surface area contributed by atoms with E-state index in [9.17, 15) is 18.0 Å². The zero-order chi connectivity index (χ0) is 14.5. The van der Waals surface area contributed by atoms with Gasteiger partial charge in [0.15, 0.2) is 0 Å². The third kappa shape index (κ3) is 5.59. The number of carbonyl (C=O) groups is 1. The lowest BCUT2D eigenvalue weighted by molar-refractivity contribution is -0.184.